The van der Waals surface area contributed by atoms with Crippen LogP contribution >= 0.6 is 11.3 Å². The number of hydrogen-bond donors (Lipinski definition) is 2. The average molecular weight is 580 g/mol. The third-order valence-corrected chi connectivity index (χ3v) is 9.32. The van der Waals surface area contributed by atoms with E-state index in [-0.39, 0.29) is 34.2 Å². The molecular formula is C25H33N5O7S2. The third-order valence-electron chi connectivity index (χ3n) is 6.12. The van der Waals surface area contributed by atoms with Crippen molar-refractivity contribution >= 4 is 50.3 Å². The zero-order valence-corrected chi connectivity index (χ0v) is 24.2. The number of nitrogens with zero attached hydrogens (tertiary/aromatic N) is 3. The number of benzene rings is 1. The molecule has 2 N–H and O–H groups in total. The number of ether oxygens (including phenoxy) is 1. The number of sulfonamides is 1. The zero-order chi connectivity index (χ0) is 28.9. The highest BCUT2D eigenvalue weighted by molar-refractivity contribution is 7.89. The standard InChI is InChI=1S/C25H33N5O7S2/c1-6-30(7-2)39(35,36)17-11-9-16(10-12-17)21(31)26-23-20(22(32)27-24(33)28(4)5)18-13-14-29(15-19(18)38-23)25(34)37-8-3/h9-12H,6-8,13-15H2,1-5H3,(H,26,31)(H,27,32,33). The van der Waals surface area contributed by atoms with Gasteiger partial charge in [-0.15, -0.1) is 11.3 Å². The van der Waals surface area contributed by atoms with Crippen LogP contribution in [-0.4, -0.2) is 86.8 Å². The number of urea groups is 1. The molecule has 0 spiro atoms. The van der Waals surface area contributed by atoms with Gasteiger partial charge in [0.15, 0.2) is 0 Å². The van der Waals surface area contributed by atoms with Crippen LogP contribution < -0.4 is 10.6 Å². The van der Waals surface area contributed by atoms with Crippen molar-refractivity contribution < 1.29 is 32.3 Å². The Morgan fingerprint density at radius 3 is 2.23 bits per heavy atom. The Hall–Kier alpha value is -3.49. The molecule has 0 saturated carbocycles. The predicted octanol–water partition coefficient (Wildman–Crippen LogP) is 2.96. The molecule has 1 aromatic heterocycles. The Labute approximate surface area is 231 Å². The third kappa shape index (κ3) is 6.57. The molecule has 0 fully saturated rings. The Kier molecular flexibility index (Phi) is 9.69. The summed E-state index contributed by atoms with van der Waals surface area (Å²) < 4.78 is 31.9. The van der Waals surface area contributed by atoms with E-state index in [1.807, 2.05) is 0 Å². The smallest absolute Gasteiger partial charge is 0.410 e. The highest BCUT2D eigenvalue weighted by Gasteiger charge is 2.32. The number of thiophene rings is 1. The zero-order valence-electron chi connectivity index (χ0n) is 22.6. The minimum absolute atomic E-state index is 0.0654. The fourth-order valence-corrected chi connectivity index (χ4v) is 6.75. The highest BCUT2D eigenvalue weighted by atomic mass is 32.2. The molecule has 5 amide bonds. The van der Waals surface area contributed by atoms with Crippen molar-refractivity contribution in [1.29, 1.82) is 0 Å². The number of nitrogens with one attached hydrogen (secondary N) is 2. The van der Waals surface area contributed by atoms with E-state index < -0.39 is 34.0 Å². The lowest BCUT2D eigenvalue weighted by Gasteiger charge is -2.26. The van der Waals surface area contributed by atoms with Gasteiger partial charge in [0, 0.05) is 44.2 Å². The number of carbonyl (C=O) groups excluding carboxylic acids is 4. The van der Waals surface area contributed by atoms with E-state index in [1.54, 1.807) is 20.8 Å². The first-order chi connectivity index (χ1) is 18.4. The summed E-state index contributed by atoms with van der Waals surface area (Å²) in [7, 11) is -0.694. The van der Waals surface area contributed by atoms with Crippen LogP contribution in [0.1, 0.15) is 51.9 Å². The molecule has 0 radical (unpaired) electrons. The summed E-state index contributed by atoms with van der Waals surface area (Å²) in [6.45, 7) is 6.56. The molecule has 1 aliphatic heterocycles. The largest absolute Gasteiger partial charge is 0.450 e. The van der Waals surface area contributed by atoms with E-state index in [0.29, 0.717) is 36.5 Å². The first-order valence-corrected chi connectivity index (χ1v) is 14.7. The monoisotopic (exact) mass is 579 g/mol. The van der Waals surface area contributed by atoms with Gasteiger partial charge in [-0.25, -0.2) is 18.0 Å². The van der Waals surface area contributed by atoms with E-state index in [2.05, 4.69) is 10.6 Å². The molecule has 0 saturated heterocycles. The quantitative estimate of drug-likeness (QED) is 0.489. The minimum atomic E-state index is -3.69. The van der Waals surface area contributed by atoms with Gasteiger partial charge in [-0.1, -0.05) is 13.8 Å². The molecule has 2 aromatic rings. The van der Waals surface area contributed by atoms with E-state index in [9.17, 15) is 27.6 Å². The molecule has 3 rings (SSSR count). The van der Waals surface area contributed by atoms with Crippen molar-refractivity contribution in [2.24, 2.45) is 0 Å². The van der Waals surface area contributed by atoms with E-state index >= 15 is 0 Å². The summed E-state index contributed by atoms with van der Waals surface area (Å²) in [5.41, 5.74) is 0.979. The van der Waals surface area contributed by atoms with Gasteiger partial charge in [0.05, 0.1) is 23.6 Å². The normalized spacial score (nSPS) is 13.0. The number of anilines is 1. The van der Waals surface area contributed by atoms with Crippen molar-refractivity contribution in [1.82, 2.24) is 19.4 Å². The second-order valence-corrected chi connectivity index (χ2v) is 11.8. The number of imide groups is 1. The first-order valence-electron chi connectivity index (χ1n) is 12.4. The number of fused-ring (bicyclic) bond motifs is 1. The van der Waals surface area contributed by atoms with Gasteiger partial charge < -0.3 is 19.9 Å². The van der Waals surface area contributed by atoms with Crippen LogP contribution in [0.25, 0.3) is 0 Å². The molecule has 0 bridgehead atoms. The van der Waals surface area contributed by atoms with Gasteiger partial charge in [0.1, 0.15) is 5.00 Å². The van der Waals surface area contributed by atoms with E-state index in [4.69, 9.17) is 4.74 Å². The van der Waals surface area contributed by atoms with Gasteiger partial charge in [-0.2, -0.15) is 4.31 Å². The number of amides is 5. The summed E-state index contributed by atoms with van der Waals surface area (Å²) in [5.74, 6) is -1.23. The van der Waals surface area contributed by atoms with Crippen LogP contribution in [0.3, 0.4) is 0 Å². The number of hydrogen-bond acceptors (Lipinski definition) is 8. The van der Waals surface area contributed by atoms with Crippen LogP contribution in [0.5, 0.6) is 0 Å². The van der Waals surface area contributed by atoms with E-state index in [1.165, 1.54) is 52.5 Å². The van der Waals surface area contributed by atoms with Gasteiger partial charge >= 0.3 is 12.1 Å². The summed E-state index contributed by atoms with van der Waals surface area (Å²) >= 11 is 1.14. The molecule has 212 valence electrons. The van der Waals surface area contributed by atoms with Gasteiger partial charge in [-0.3, -0.25) is 14.9 Å². The maximum absolute atomic E-state index is 13.1. The summed E-state index contributed by atoms with van der Waals surface area (Å²) in [6.07, 6.45) is -0.146. The van der Waals surface area contributed by atoms with Crippen LogP contribution in [0.4, 0.5) is 14.6 Å². The Balaban J connectivity index is 1.91. The first kappa shape index (κ1) is 30.1. The molecule has 1 aliphatic rings. The van der Waals surface area contributed by atoms with Gasteiger partial charge in [0.2, 0.25) is 10.0 Å². The SMILES string of the molecule is CCOC(=O)N1CCc2c(sc(NC(=O)c3ccc(S(=O)(=O)N(CC)CC)cc3)c2C(=O)NC(=O)N(C)C)C1. The lowest BCUT2D eigenvalue weighted by molar-refractivity contribution is 0.0955. The highest BCUT2D eigenvalue weighted by Crippen LogP contribution is 2.37. The molecule has 39 heavy (non-hydrogen) atoms. The minimum Gasteiger partial charge on any atom is -0.450 e. The topological polar surface area (TPSA) is 145 Å². The van der Waals surface area contributed by atoms with Crippen molar-refractivity contribution in [2.45, 2.75) is 38.6 Å². The van der Waals surface area contributed by atoms with Crippen molar-refractivity contribution in [2.75, 3.05) is 45.7 Å². The van der Waals surface area contributed by atoms with Gasteiger partial charge in [0.25, 0.3) is 11.8 Å². The van der Waals surface area contributed by atoms with Crippen molar-refractivity contribution in [3.05, 3.63) is 45.8 Å². The Bertz CT molecular complexity index is 1350. The number of carbonyl (C=O) groups is 4. The van der Waals surface area contributed by atoms with Gasteiger partial charge in [-0.05, 0) is 43.2 Å². The Morgan fingerprint density at radius 2 is 1.67 bits per heavy atom. The van der Waals surface area contributed by atoms with Crippen LogP contribution in [-0.2, 0) is 27.7 Å². The second-order valence-electron chi connectivity index (χ2n) is 8.80. The molecule has 2 heterocycles. The lowest BCUT2D eigenvalue weighted by Crippen LogP contribution is -2.40. The summed E-state index contributed by atoms with van der Waals surface area (Å²) in [6, 6.07) is 4.91. The van der Waals surface area contributed by atoms with E-state index in [0.717, 1.165) is 11.3 Å². The van der Waals surface area contributed by atoms with Crippen molar-refractivity contribution in [3.63, 3.8) is 0 Å². The fraction of sp³-hybridized carbons (Fsp3) is 0.440. The van der Waals surface area contributed by atoms with Crippen LogP contribution in [0, 0.1) is 0 Å². The van der Waals surface area contributed by atoms with Crippen molar-refractivity contribution in [3.8, 4) is 0 Å². The average Bonchev–Trinajstić information content (AvgIpc) is 3.26. The summed E-state index contributed by atoms with van der Waals surface area (Å²) in [5, 5.41) is 5.27. The molecule has 0 aliphatic carbocycles. The van der Waals surface area contributed by atoms with Crippen LogP contribution in [0.2, 0.25) is 0 Å². The lowest BCUT2D eigenvalue weighted by atomic mass is 10.0. The molecule has 14 heteroatoms. The molecule has 1 aromatic carbocycles. The molecular weight excluding hydrogens is 546 g/mol. The second kappa shape index (κ2) is 12.6. The Morgan fingerprint density at radius 1 is 1.03 bits per heavy atom. The fourth-order valence-electron chi connectivity index (χ4n) is 4.04. The molecule has 12 nitrogen and oxygen atoms in total. The maximum Gasteiger partial charge on any atom is 0.410 e. The molecule has 0 unspecified atom stereocenters. The predicted molar refractivity (Wildman–Crippen MR) is 147 cm³/mol. The molecule has 0 atom stereocenters. The summed E-state index contributed by atoms with van der Waals surface area (Å²) in [4.78, 5) is 54.2. The number of rotatable bonds is 8. The van der Waals surface area contributed by atoms with Crippen LogP contribution in [0.15, 0.2) is 29.2 Å². The maximum atomic E-state index is 13.1.